The second kappa shape index (κ2) is 4.92. The number of Topliss-reactive ketones (excluding diaryl/α,β-unsaturated/α-hetero) is 2. The number of benzene rings is 1. The van der Waals surface area contributed by atoms with E-state index < -0.39 is 0 Å². The third kappa shape index (κ3) is 2.13. The highest BCUT2D eigenvalue weighted by Crippen LogP contribution is 2.43. The number of fused-ring (bicyclic) bond motifs is 2. The van der Waals surface area contributed by atoms with Gasteiger partial charge in [-0.3, -0.25) is 9.59 Å². The Bertz CT molecular complexity index is 518. The highest BCUT2D eigenvalue weighted by Gasteiger charge is 2.38. The summed E-state index contributed by atoms with van der Waals surface area (Å²) in [6.07, 6.45) is 4.55. The first-order chi connectivity index (χ1) is 9.18. The summed E-state index contributed by atoms with van der Waals surface area (Å²) in [6, 6.07) is 7.85. The Morgan fingerprint density at radius 2 is 1.79 bits per heavy atom. The summed E-state index contributed by atoms with van der Waals surface area (Å²) in [7, 11) is 0. The lowest BCUT2D eigenvalue weighted by molar-refractivity contribution is -0.125. The van der Waals surface area contributed by atoms with Gasteiger partial charge in [0.2, 0.25) is 0 Å². The summed E-state index contributed by atoms with van der Waals surface area (Å²) >= 11 is 0. The van der Waals surface area contributed by atoms with Crippen LogP contribution in [-0.2, 0) is 4.79 Å². The molecule has 1 aromatic rings. The molecule has 0 radical (unpaired) electrons. The van der Waals surface area contributed by atoms with Gasteiger partial charge >= 0.3 is 0 Å². The van der Waals surface area contributed by atoms with E-state index in [2.05, 4.69) is 13.0 Å². The van der Waals surface area contributed by atoms with E-state index >= 15 is 0 Å². The molecule has 0 N–H and O–H groups in total. The molecule has 0 aliphatic heterocycles. The predicted molar refractivity (Wildman–Crippen MR) is 74.3 cm³/mol. The number of rotatable bonds is 0. The molecule has 1 fully saturated rings. The molecule has 0 heterocycles. The highest BCUT2D eigenvalue weighted by atomic mass is 16.1. The minimum Gasteiger partial charge on any atom is -0.299 e. The van der Waals surface area contributed by atoms with Gasteiger partial charge < -0.3 is 0 Å². The van der Waals surface area contributed by atoms with E-state index in [1.54, 1.807) is 0 Å². The maximum atomic E-state index is 12.3. The average molecular weight is 256 g/mol. The Balaban J connectivity index is 2.07. The Kier molecular flexibility index (Phi) is 3.26. The first-order valence-corrected chi connectivity index (χ1v) is 7.33. The van der Waals surface area contributed by atoms with Gasteiger partial charge in [-0.15, -0.1) is 0 Å². The zero-order chi connectivity index (χ0) is 13.4. The molecule has 3 unspecified atom stereocenters. The smallest absolute Gasteiger partial charge is 0.170 e. The van der Waals surface area contributed by atoms with Gasteiger partial charge in [0.05, 0.1) is 6.42 Å². The molecule has 2 aliphatic rings. The van der Waals surface area contributed by atoms with E-state index in [0.29, 0.717) is 11.8 Å². The summed E-state index contributed by atoms with van der Waals surface area (Å²) < 4.78 is 0. The molecule has 100 valence electrons. The van der Waals surface area contributed by atoms with Crippen molar-refractivity contribution in [1.82, 2.24) is 0 Å². The first kappa shape index (κ1) is 12.6. The molecule has 2 aliphatic carbocycles. The molecule has 3 atom stereocenters. The molecule has 0 saturated heterocycles. The second-order valence-corrected chi connectivity index (χ2v) is 6.00. The second-order valence-electron chi connectivity index (χ2n) is 6.00. The number of carbonyl (C=O) groups excluding carboxylic acids is 2. The molecule has 0 bridgehead atoms. The van der Waals surface area contributed by atoms with Crippen molar-refractivity contribution in [3.63, 3.8) is 0 Å². The van der Waals surface area contributed by atoms with Gasteiger partial charge in [-0.2, -0.15) is 0 Å². The van der Waals surface area contributed by atoms with E-state index in [9.17, 15) is 9.59 Å². The van der Waals surface area contributed by atoms with E-state index in [1.165, 1.54) is 6.42 Å². The molecule has 3 rings (SSSR count). The maximum absolute atomic E-state index is 12.3. The standard InChI is InChI=1S/C17H20O2/c1-11-12-6-2-4-8-14(12)16(18)10-17(19)15-9-5-3-7-13(11)15/h2,4,6,8,11,13,15H,3,5,7,9-10H2,1H3. The SMILES string of the molecule is CC1c2ccccc2C(=O)CC(=O)C2CCCCC21. The molecule has 0 spiro atoms. The van der Waals surface area contributed by atoms with Crippen molar-refractivity contribution in [3.8, 4) is 0 Å². The predicted octanol–water partition coefficient (Wildman–Crippen LogP) is 3.75. The van der Waals surface area contributed by atoms with Gasteiger partial charge in [-0.1, -0.05) is 44.0 Å². The minimum atomic E-state index is 0.0106. The van der Waals surface area contributed by atoms with Crippen molar-refractivity contribution in [2.45, 2.75) is 44.9 Å². The number of hydrogen-bond acceptors (Lipinski definition) is 2. The molecule has 19 heavy (non-hydrogen) atoms. The van der Waals surface area contributed by atoms with Gasteiger partial charge in [0.15, 0.2) is 5.78 Å². The quantitative estimate of drug-likeness (QED) is 0.662. The van der Waals surface area contributed by atoms with Crippen LogP contribution in [0, 0.1) is 11.8 Å². The van der Waals surface area contributed by atoms with Crippen molar-refractivity contribution in [2.75, 3.05) is 0 Å². The van der Waals surface area contributed by atoms with Crippen molar-refractivity contribution in [2.24, 2.45) is 11.8 Å². The van der Waals surface area contributed by atoms with Crippen LogP contribution in [0.3, 0.4) is 0 Å². The largest absolute Gasteiger partial charge is 0.299 e. The number of carbonyl (C=O) groups is 2. The number of ketones is 2. The fraction of sp³-hybridized carbons (Fsp3) is 0.529. The Labute approximate surface area is 114 Å². The number of hydrogen-bond donors (Lipinski definition) is 0. The molecule has 2 nitrogen and oxygen atoms in total. The Morgan fingerprint density at radius 3 is 2.63 bits per heavy atom. The van der Waals surface area contributed by atoms with Gasteiger partial charge in [-0.25, -0.2) is 0 Å². The monoisotopic (exact) mass is 256 g/mol. The van der Waals surface area contributed by atoms with Gasteiger partial charge in [0, 0.05) is 11.5 Å². The third-order valence-electron chi connectivity index (χ3n) is 4.96. The fourth-order valence-corrected chi connectivity index (χ4v) is 3.92. The van der Waals surface area contributed by atoms with E-state index in [0.717, 1.165) is 30.4 Å². The zero-order valence-corrected chi connectivity index (χ0v) is 11.4. The summed E-state index contributed by atoms with van der Waals surface area (Å²) in [5.74, 6) is 1.04. The molecule has 1 saturated carbocycles. The summed E-state index contributed by atoms with van der Waals surface area (Å²) in [5.41, 5.74) is 1.92. The summed E-state index contributed by atoms with van der Waals surface area (Å²) in [5, 5.41) is 0. The van der Waals surface area contributed by atoms with Crippen LogP contribution in [0.2, 0.25) is 0 Å². The van der Waals surface area contributed by atoms with Crippen LogP contribution < -0.4 is 0 Å². The highest BCUT2D eigenvalue weighted by molar-refractivity contribution is 6.09. The first-order valence-electron chi connectivity index (χ1n) is 7.33. The van der Waals surface area contributed by atoms with Crippen molar-refractivity contribution < 1.29 is 9.59 Å². The van der Waals surface area contributed by atoms with Gasteiger partial charge in [0.1, 0.15) is 5.78 Å². The van der Waals surface area contributed by atoms with Crippen LogP contribution >= 0.6 is 0 Å². The van der Waals surface area contributed by atoms with Crippen LogP contribution in [0.1, 0.15) is 60.9 Å². The summed E-state index contributed by atoms with van der Waals surface area (Å²) in [6.45, 7) is 2.19. The molecule has 2 heteroatoms. The van der Waals surface area contributed by atoms with Gasteiger partial charge in [0.25, 0.3) is 0 Å². The van der Waals surface area contributed by atoms with Crippen LogP contribution in [-0.4, -0.2) is 11.6 Å². The van der Waals surface area contributed by atoms with Crippen LogP contribution in [0.5, 0.6) is 0 Å². The van der Waals surface area contributed by atoms with Crippen molar-refractivity contribution in [1.29, 1.82) is 0 Å². The van der Waals surface area contributed by atoms with Crippen LogP contribution in [0.4, 0.5) is 0 Å². The maximum Gasteiger partial charge on any atom is 0.170 e. The lowest BCUT2D eigenvalue weighted by Gasteiger charge is -2.37. The fourth-order valence-electron chi connectivity index (χ4n) is 3.92. The third-order valence-corrected chi connectivity index (χ3v) is 4.96. The molecular weight excluding hydrogens is 236 g/mol. The average Bonchev–Trinajstić information content (AvgIpc) is 2.45. The molecule has 0 amide bonds. The van der Waals surface area contributed by atoms with Crippen LogP contribution in [0.15, 0.2) is 24.3 Å². The minimum absolute atomic E-state index is 0.0106. The van der Waals surface area contributed by atoms with E-state index in [1.807, 2.05) is 18.2 Å². The van der Waals surface area contributed by atoms with E-state index in [4.69, 9.17) is 0 Å². The topological polar surface area (TPSA) is 34.1 Å². The molecule has 0 aromatic heterocycles. The van der Waals surface area contributed by atoms with E-state index in [-0.39, 0.29) is 23.9 Å². The molecule has 1 aromatic carbocycles. The normalized spacial score (nSPS) is 31.1. The lowest BCUT2D eigenvalue weighted by Crippen LogP contribution is -2.34. The zero-order valence-electron chi connectivity index (χ0n) is 11.4. The Hall–Kier alpha value is -1.44. The lowest BCUT2D eigenvalue weighted by atomic mass is 9.66. The Morgan fingerprint density at radius 1 is 1.05 bits per heavy atom. The van der Waals surface area contributed by atoms with Crippen molar-refractivity contribution >= 4 is 11.6 Å². The molecular formula is C17H20O2. The van der Waals surface area contributed by atoms with Crippen LogP contribution in [0.25, 0.3) is 0 Å². The van der Waals surface area contributed by atoms with Gasteiger partial charge in [-0.05, 0) is 30.2 Å². The van der Waals surface area contributed by atoms with Crippen molar-refractivity contribution in [3.05, 3.63) is 35.4 Å². The summed E-state index contributed by atoms with van der Waals surface area (Å²) in [4.78, 5) is 24.6.